The molecule has 1 unspecified atom stereocenters. The van der Waals surface area contributed by atoms with Crippen LogP contribution >= 0.6 is 0 Å². The highest BCUT2D eigenvalue weighted by atomic mass is 16.5. The molecule has 1 atom stereocenters. The van der Waals surface area contributed by atoms with Crippen LogP contribution in [0.1, 0.15) is 45.0 Å². The average molecular weight is 399 g/mol. The lowest BCUT2D eigenvalue weighted by atomic mass is 10.1. The highest BCUT2D eigenvalue weighted by Gasteiger charge is 2.22. The Bertz CT molecular complexity index is 770. The van der Waals surface area contributed by atoms with E-state index in [9.17, 15) is 0 Å². The van der Waals surface area contributed by atoms with E-state index < -0.39 is 0 Å². The van der Waals surface area contributed by atoms with Crippen molar-refractivity contribution >= 4 is 5.96 Å². The van der Waals surface area contributed by atoms with Crippen LogP contribution < -0.4 is 10.6 Å². The fraction of sp³-hybridized carbons (Fsp3) is 0.591. The molecular formula is C22H34N6O. The summed E-state index contributed by atoms with van der Waals surface area (Å²) < 4.78 is 5.30. The van der Waals surface area contributed by atoms with Crippen molar-refractivity contribution in [1.82, 2.24) is 25.7 Å². The first-order valence-electron chi connectivity index (χ1n) is 10.9. The number of aromatic nitrogens is 2. The lowest BCUT2D eigenvalue weighted by molar-refractivity contribution is 0.273. The van der Waals surface area contributed by atoms with Crippen LogP contribution in [0.3, 0.4) is 0 Å². The molecule has 0 amide bonds. The molecule has 1 aliphatic heterocycles. The van der Waals surface area contributed by atoms with Crippen LogP contribution in [0.4, 0.5) is 0 Å². The molecule has 0 bridgehead atoms. The largest absolute Gasteiger partial charge is 0.357 e. The zero-order valence-electron chi connectivity index (χ0n) is 17.9. The molecule has 158 valence electrons. The summed E-state index contributed by atoms with van der Waals surface area (Å²) in [6, 6.07) is 8.91. The fourth-order valence-corrected chi connectivity index (χ4v) is 3.71. The van der Waals surface area contributed by atoms with E-state index in [1.54, 1.807) is 0 Å². The molecule has 1 fully saturated rings. The van der Waals surface area contributed by atoms with Crippen molar-refractivity contribution < 1.29 is 4.52 Å². The number of aryl methyl sites for hydroxylation is 1. The molecule has 3 rings (SSSR count). The predicted octanol–water partition coefficient (Wildman–Crippen LogP) is 2.88. The van der Waals surface area contributed by atoms with Crippen molar-refractivity contribution in [3.8, 4) is 11.5 Å². The van der Waals surface area contributed by atoms with Crippen LogP contribution in [-0.2, 0) is 12.8 Å². The third-order valence-corrected chi connectivity index (χ3v) is 5.40. The molecule has 0 spiro atoms. The zero-order chi connectivity index (χ0) is 20.5. The molecule has 2 N–H and O–H groups in total. The van der Waals surface area contributed by atoms with E-state index in [0.29, 0.717) is 11.9 Å². The lowest BCUT2D eigenvalue weighted by Gasteiger charge is -2.21. The lowest BCUT2D eigenvalue weighted by Crippen LogP contribution is -2.40. The molecule has 1 aromatic carbocycles. The van der Waals surface area contributed by atoms with Gasteiger partial charge in [-0.15, -0.1) is 0 Å². The van der Waals surface area contributed by atoms with Gasteiger partial charge in [0.15, 0.2) is 11.8 Å². The number of likely N-dealkylation sites (N-methyl/N-ethyl adjacent to an activating group) is 1. The highest BCUT2D eigenvalue weighted by Crippen LogP contribution is 2.18. The van der Waals surface area contributed by atoms with Gasteiger partial charge in [-0.2, -0.15) is 4.98 Å². The van der Waals surface area contributed by atoms with E-state index in [0.717, 1.165) is 56.4 Å². The van der Waals surface area contributed by atoms with Crippen molar-refractivity contribution in [2.45, 2.75) is 52.5 Å². The van der Waals surface area contributed by atoms with Gasteiger partial charge in [0.05, 0.1) is 6.54 Å². The Morgan fingerprint density at radius 1 is 1.21 bits per heavy atom. The third-order valence-electron chi connectivity index (χ3n) is 5.40. The molecule has 1 aliphatic rings. The van der Waals surface area contributed by atoms with E-state index in [1.807, 2.05) is 19.1 Å². The first-order valence-corrected chi connectivity index (χ1v) is 10.9. The van der Waals surface area contributed by atoms with Gasteiger partial charge < -0.3 is 15.2 Å². The molecule has 2 heterocycles. The first kappa shape index (κ1) is 21.3. The van der Waals surface area contributed by atoms with Crippen LogP contribution in [0.2, 0.25) is 0 Å². The van der Waals surface area contributed by atoms with Crippen LogP contribution in [0.15, 0.2) is 33.8 Å². The standard InChI is InChI=1S/C22H34N6O/c1-4-20-26-21(29-27-20)18-11-9-17(10-12-18)13-14-24-22(23-5-2)25-16-19-8-7-15-28(19)6-3/h9-12,19H,4-8,13-16H2,1-3H3,(H2,23,24,25). The van der Waals surface area contributed by atoms with E-state index in [4.69, 9.17) is 9.52 Å². The van der Waals surface area contributed by atoms with Crippen LogP contribution in [0.5, 0.6) is 0 Å². The van der Waals surface area contributed by atoms with Gasteiger partial charge in [-0.05, 0) is 57.0 Å². The summed E-state index contributed by atoms with van der Waals surface area (Å²) >= 11 is 0. The topological polar surface area (TPSA) is 78.6 Å². The highest BCUT2D eigenvalue weighted by molar-refractivity contribution is 5.79. The van der Waals surface area contributed by atoms with Gasteiger partial charge >= 0.3 is 0 Å². The molecule has 1 aromatic heterocycles. The van der Waals surface area contributed by atoms with Crippen LogP contribution in [-0.4, -0.2) is 59.8 Å². The maximum atomic E-state index is 5.30. The summed E-state index contributed by atoms with van der Waals surface area (Å²) in [6.45, 7) is 11.2. The maximum absolute atomic E-state index is 5.30. The van der Waals surface area contributed by atoms with Gasteiger partial charge in [0.1, 0.15) is 0 Å². The van der Waals surface area contributed by atoms with Crippen molar-refractivity contribution in [1.29, 1.82) is 0 Å². The summed E-state index contributed by atoms with van der Waals surface area (Å²) in [4.78, 5) is 11.7. The normalized spacial score (nSPS) is 17.6. The molecule has 7 heteroatoms. The SMILES string of the molecule is CCNC(=NCC1CCCN1CC)NCCc1ccc(-c2nc(CC)no2)cc1. The second kappa shape index (κ2) is 11.0. The predicted molar refractivity (Wildman–Crippen MR) is 117 cm³/mol. The third kappa shape index (κ3) is 6.03. The van der Waals surface area contributed by atoms with Crippen LogP contribution in [0, 0.1) is 0 Å². The molecule has 2 aromatic rings. The molecule has 0 radical (unpaired) electrons. The van der Waals surface area contributed by atoms with Crippen molar-refractivity contribution in [2.24, 2.45) is 4.99 Å². The molecule has 1 saturated heterocycles. The Morgan fingerprint density at radius 2 is 2.03 bits per heavy atom. The summed E-state index contributed by atoms with van der Waals surface area (Å²) in [5.41, 5.74) is 2.22. The Hall–Kier alpha value is -2.41. The number of guanidine groups is 1. The zero-order valence-corrected chi connectivity index (χ0v) is 17.9. The minimum Gasteiger partial charge on any atom is -0.357 e. The number of nitrogens with one attached hydrogen (secondary N) is 2. The number of benzene rings is 1. The molecule has 0 aliphatic carbocycles. The number of hydrogen-bond donors (Lipinski definition) is 2. The van der Waals surface area contributed by atoms with Gasteiger partial charge in [-0.1, -0.05) is 31.1 Å². The molecule has 0 saturated carbocycles. The maximum Gasteiger partial charge on any atom is 0.257 e. The second-order valence-corrected chi connectivity index (χ2v) is 7.39. The number of nitrogens with zero attached hydrogens (tertiary/aromatic N) is 4. The minimum absolute atomic E-state index is 0.584. The summed E-state index contributed by atoms with van der Waals surface area (Å²) in [7, 11) is 0. The number of likely N-dealkylation sites (tertiary alicyclic amines) is 1. The second-order valence-electron chi connectivity index (χ2n) is 7.39. The average Bonchev–Trinajstić information content (AvgIpc) is 3.41. The Morgan fingerprint density at radius 3 is 2.72 bits per heavy atom. The first-order chi connectivity index (χ1) is 14.2. The van der Waals surface area contributed by atoms with Crippen molar-refractivity contribution in [2.75, 3.05) is 32.7 Å². The number of aliphatic imine (C=N–C) groups is 1. The van der Waals surface area contributed by atoms with E-state index in [1.165, 1.54) is 24.9 Å². The monoisotopic (exact) mass is 398 g/mol. The molecule has 7 nitrogen and oxygen atoms in total. The Kier molecular flexibility index (Phi) is 8.04. The quantitative estimate of drug-likeness (QED) is 0.500. The van der Waals surface area contributed by atoms with Gasteiger partial charge in [-0.3, -0.25) is 9.89 Å². The van der Waals surface area contributed by atoms with Gasteiger partial charge in [0.2, 0.25) is 0 Å². The van der Waals surface area contributed by atoms with Crippen LogP contribution in [0.25, 0.3) is 11.5 Å². The summed E-state index contributed by atoms with van der Waals surface area (Å²) in [5.74, 6) is 2.23. The Balaban J connectivity index is 1.49. The van der Waals surface area contributed by atoms with E-state index in [-0.39, 0.29) is 0 Å². The summed E-state index contributed by atoms with van der Waals surface area (Å²) in [6.07, 6.45) is 4.25. The van der Waals surface area contributed by atoms with Gasteiger partial charge in [0, 0.05) is 31.1 Å². The number of rotatable bonds is 9. The van der Waals surface area contributed by atoms with E-state index in [2.05, 4.69) is 51.7 Å². The van der Waals surface area contributed by atoms with Crippen molar-refractivity contribution in [3.63, 3.8) is 0 Å². The number of hydrogen-bond acceptors (Lipinski definition) is 5. The smallest absolute Gasteiger partial charge is 0.257 e. The summed E-state index contributed by atoms with van der Waals surface area (Å²) in [5, 5.41) is 10.8. The molecule has 29 heavy (non-hydrogen) atoms. The minimum atomic E-state index is 0.584. The Labute approximate surface area is 174 Å². The van der Waals surface area contributed by atoms with E-state index >= 15 is 0 Å². The molecular weight excluding hydrogens is 364 g/mol. The van der Waals surface area contributed by atoms with Gasteiger partial charge in [0.25, 0.3) is 5.89 Å². The fourth-order valence-electron chi connectivity index (χ4n) is 3.71. The van der Waals surface area contributed by atoms with Crippen molar-refractivity contribution in [3.05, 3.63) is 35.7 Å². The van der Waals surface area contributed by atoms with Gasteiger partial charge in [-0.25, -0.2) is 0 Å².